The van der Waals surface area contributed by atoms with E-state index in [1.807, 2.05) is 73.7 Å². The van der Waals surface area contributed by atoms with Crippen LogP contribution in [0, 0.1) is 18.8 Å². The Bertz CT molecular complexity index is 1380. The van der Waals surface area contributed by atoms with Crippen LogP contribution in [-0.2, 0) is 6.42 Å². The second-order valence-corrected chi connectivity index (χ2v) is 7.40. The summed E-state index contributed by atoms with van der Waals surface area (Å²) in [5, 5.41) is 0.746. The van der Waals surface area contributed by atoms with Crippen LogP contribution in [0.1, 0.15) is 11.1 Å². The average molecular weight is 437 g/mol. The molecule has 0 saturated heterocycles. The summed E-state index contributed by atoms with van der Waals surface area (Å²) in [5.74, 6) is 7.18. The molecular formula is C28H24N2O3. The van der Waals surface area contributed by atoms with Crippen molar-refractivity contribution < 1.29 is 9.47 Å². The molecule has 0 aliphatic heterocycles. The Kier molecular flexibility index (Phi) is 6.87. The van der Waals surface area contributed by atoms with E-state index in [4.69, 9.17) is 9.47 Å². The van der Waals surface area contributed by atoms with Crippen LogP contribution in [0.15, 0.2) is 90.4 Å². The molecule has 2 aromatic heterocycles. The Labute approximate surface area is 192 Å². The highest BCUT2D eigenvalue weighted by Gasteiger charge is 2.18. The standard InChI is InChI=1S/C28H24N2O3/c1-3-10-25-26(33-20-8-7-19-32-23-16-14-21(2)15-17-23)24-13-9-18-29-27(24)30(28(25)31)22-11-5-4-6-12-22/h3-6,9,11-18H,1,10,19-20H2,2H3. The van der Waals surface area contributed by atoms with Crippen LogP contribution < -0.4 is 15.0 Å². The van der Waals surface area contributed by atoms with Gasteiger partial charge in [0.25, 0.3) is 5.56 Å². The number of hydrogen-bond donors (Lipinski definition) is 0. The number of aromatic nitrogens is 2. The highest BCUT2D eigenvalue weighted by molar-refractivity contribution is 5.85. The Hall–Kier alpha value is -4.30. The van der Waals surface area contributed by atoms with Crippen molar-refractivity contribution in [2.24, 2.45) is 0 Å². The highest BCUT2D eigenvalue weighted by atomic mass is 16.5. The van der Waals surface area contributed by atoms with Crippen LogP contribution in [0.4, 0.5) is 0 Å². The van der Waals surface area contributed by atoms with Gasteiger partial charge >= 0.3 is 0 Å². The Balaban J connectivity index is 1.61. The molecular weight excluding hydrogens is 412 g/mol. The topological polar surface area (TPSA) is 53.4 Å². The number of ether oxygens (including phenoxy) is 2. The molecule has 164 valence electrons. The maximum atomic E-state index is 13.4. The molecule has 0 aliphatic rings. The van der Waals surface area contributed by atoms with Gasteiger partial charge in [0.1, 0.15) is 24.7 Å². The molecule has 0 amide bonds. The fraction of sp³-hybridized carbons (Fsp3) is 0.143. The van der Waals surface area contributed by atoms with Crippen molar-refractivity contribution in [2.45, 2.75) is 13.3 Å². The van der Waals surface area contributed by atoms with Crippen molar-refractivity contribution >= 4 is 11.0 Å². The molecule has 0 radical (unpaired) electrons. The Morgan fingerprint density at radius 2 is 1.70 bits per heavy atom. The molecule has 5 heteroatoms. The van der Waals surface area contributed by atoms with Crippen molar-refractivity contribution in [3.63, 3.8) is 0 Å². The summed E-state index contributed by atoms with van der Waals surface area (Å²) in [6.45, 7) is 6.22. The van der Waals surface area contributed by atoms with Crippen LogP contribution in [0.3, 0.4) is 0 Å². The molecule has 0 atom stereocenters. The van der Waals surface area contributed by atoms with E-state index < -0.39 is 0 Å². The largest absolute Gasteiger partial charge is 0.481 e. The Morgan fingerprint density at radius 1 is 0.970 bits per heavy atom. The lowest BCUT2D eigenvalue weighted by Gasteiger charge is -2.16. The first-order chi connectivity index (χ1) is 16.2. The second kappa shape index (κ2) is 10.3. The van der Waals surface area contributed by atoms with E-state index in [1.54, 1.807) is 16.8 Å². The number of aryl methyl sites for hydroxylation is 1. The maximum Gasteiger partial charge on any atom is 0.264 e. The summed E-state index contributed by atoms with van der Waals surface area (Å²) in [5.41, 5.74) is 2.79. The van der Waals surface area contributed by atoms with E-state index in [1.165, 1.54) is 5.56 Å². The quantitative estimate of drug-likeness (QED) is 0.306. The molecule has 0 aliphatic carbocycles. The smallest absolute Gasteiger partial charge is 0.264 e. The second-order valence-electron chi connectivity index (χ2n) is 7.40. The number of hydrogen-bond acceptors (Lipinski definition) is 4. The predicted octanol–water partition coefficient (Wildman–Crippen LogP) is 4.88. The third-order valence-electron chi connectivity index (χ3n) is 5.09. The molecule has 4 aromatic rings. The van der Waals surface area contributed by atoms with Crippen LogP contribution in [0.25, 0.3) is 16.7 Å². The fourth-order valence-corrected chi connectivity index (χ4v) is 3.51. The summed E-state index contributed by atoms with van der Waals surface area (Å²) in [6.07, 6.45) is 3.73. The lowest BCUT2D eigenvalue weighted by atomic mass is 10.1. The highest BCUT2D eigenvalue weighted by Crippen LogP contribution is 2.28. The van der Waals surface area contributed by atoms with Gasteiger partial charge in [-0.25, -0.2) is 4.98 Å². The van der Waals surface area contributed by atoms with E-state index in [-0.39, 0.29) is 18.8 Å². The number of pyridine rings is 2. The lowest BCUT2D eigenvalue weighted by Crippen LogP contribution is -2.24. The minimum atomic E-state index is -0.182. The molecule has 0 unspecified atom stereocenters. The van der Waals surface area contributed by atoms with E-state index in [9.17, 15) is 4.79 Å². The molecule has 0 saturated carbocycles. The number of benzene rings is 2. The third kappa shape index (κ3) is 4.97. The van der Waals surface area contributed by atoms with Crippen molar-refractivity contribution in [3.8, 4) is 29.0 Å². The first kappa shape index (κ1) is 21.9. The first-order valence-electron chi connectivity index (χ1n) is 10.7. The van der Waals surface area contributed by atoms with Crippen LogP contribution in [-0.4, -0.2) is 22.8 Å². The van der Waals surface area contributed by atoms with Crippen LogP contribution >= 0.6 is 0 Å². The monoisotopic (exact) mass is 436 g/mol. The van der Waals surface area contributed by atoms with E-state index in [0.717, 1.165) is 16.8 Å². The van der Waals surface area contributed by atoms with Crippen molar-refractivity contribution in [3.05, 3.63) is 107 Å². The molecule has 0 N–H and O–H groups in total. The molecule has 0 bridgehead atoms. The number of para-hydroxylation sites is 1. The molecule has 33 heavy (non-hydrogen) atoms. The maximum absolute atomic E-state index is 13.4. The molecule has 2 heterocycles. The minimum absolute atomic E-state index is 0.125. The van der Waals surface area contributed by atoms with E-state index >= 15 is 0 Å². The van der Waals surface area contributed by atoms with Crippen molar-refractivity contribution in [1.82, 2.24) is 9.55 Å². The SMILES string of the molecule is C=CCc1c(OCC#CCOc2ccc(C)cc2)c2cccnc2n(-c2ccccc2)c1=O. The van der Waals surface area contributed by atoms with E-state index in [0.29, 0.717) is 23.4 Å². The summed E-state index contributed by atoms with van der Waals surface area (Å²) < 4.78 is 13.2. The number of nitrogens with zero attached hydrogens (tertiary/aromatic N) is 2. The summed E-state index contributed by atoms with van der Waals surface area (Å²) >= 11 is 0. The normalized spacial score (nSPS) is 10.3. The predicted molar refractivity (Wildman–Crippen MR) is 131 cm³/mol. The van der Waals surface area contributed by atoms with Gasteiger partial charge < -0.3 is 9.47 Å². The molecule has 0 fully saturated rings. The number of allylic oxidation sites excluding steroid dienone is 1. The van der Waals surface area contributed by atoms with Gasteiger partial charge in [0, 0.05) is 6.20 Å². The Morgan fingerprint density at radius 3 is 2.42 bits per heavy atom. The van der Waals surface area contributed by atoms with Crippen LogP contribution in [0.5, 0.6) is 11.5 Å². The van der Waals surface area contributed by atoms with Crippen molar-refractivity contribution in [2.75, 3.05) is 13.2 Å². The van der Waals surface area contributed by atoms with Gasteiger partial charge in [0.15, 0.2) is 5.65 Å². The zero-order valence-corrected chi connectivity index (χ0v) is 18.5. The lowest BCUT2D eigenvalue weighted by molar-refractivity contribution is 0.362. The number of fused-ring (bicyclic) bond motifs is 1. The van der Waals surface area contributed by atoms with E-state index in [2.05, 4.69) is 23.4 Å². The summed E-state index contributed by atoms with van der Waals surface area (Å²) in [4.78, 5) is 17.9. The molecule has 4 rings (SSSR count). The average Bonchev–Trinajstić information content (AvgIpc) is 2.84. The zero-order valence-electron chi connectivity index (χ0n) is 18.5. The third-order valence-corrected chi connectivity index (χ3v) is 5.09. The zero-order chi connectivity index (χ0) is 23.0. The fourth-order valence-electron chi connectivity index (χ4n) is 3.51. The van der Waals surface area contributed by atoms with Gasteiger partial charge in [-0.2, -0.15) is 0 Å². The van der Waals surface area contributed by atoms with Gasteiger partial charge in [-0.15, -0.1) is 6.58 Å². The van der Waals surface area contributed by atoms with Gasteiger partial charge in [-0.05, 0) is 49.7 Å². The first-order valence-corrected chi connectivity index (χ1v) is 10.7. The molecule has 0 spiro atoms. The minimum Gasteiger partial charge on any atom is -0.481 e. The molecule has 2 aromatic carbocycles. The number of rotatable bonds is 7. The summed E-state index contributed by atoms with van der Waals surface area (Å²) in [7, 11) is 0. The van der Waals surface area contributed by atoms with Gasteiger partial charge in [0.05, 0.1) is 16.6 Å². The summed E-state index contributed by atoms with van der Waals surface area (Å²) in [6, 6.07) is 21.0. The van der Waals surface area contributed by atoms with Gasteiger partial charge in [-0.1, -0.05) is 53.8 Å². The molecule has 5 nitrogen and oxygen atoms in total. The van der Waals surface area contributed by atoms with Crippen molar-refractivity contribution in [1.29, 1.82) is 0 Å². The van der Waals surface area contributed by atoms with Gasteiger partial charge in [0.2, 0.25) is 0 Å². The van der Waals surface area contributed by atoms with Crippen LogP contribution in [0.2, 0.25) is 0 Å². The van der Waals surface area contributed by atoms with Gasteiger partial charge in [-0.3, -0.25) is 9.36 Å².